The van der Waals surface area contributed by atoms with Crippen LogP contribution in [-0.4, -0.2) is 52.2 Å². The normalized spacial score (nSPS) is 18.4. The van der Waals surface area contributed by atoms with Gasteiger partial charge in [-0.1, -0.05) is 24.3 Å². The summed E-state index contributed by atoms with van der Waals surface area (Å²) < 4.78 is 26.5. The first kappa shape index (κ1) is 17.6. The van der Waals surface area contributed by atoms with Gasteiger partial charge in [0.1, 0.15) is 18.7 Å². The van der Waals surface area contributed by atoms with Crippen molar-refractivity contribution in [1.29, 1.82) is 0 Å². The number of hydrogen-bond acceptors (Lipinski definition) is 5. The van der Waals surface area contributed by atoms with Crippen LogP contribution >= 0.6 is 0 Å². The number of carbonyl (C=O) groups excluding carboxylic acids is 1. The zero-order valence-corrected chi connectivity index (χ0v) is 14.8. The van der Waals surface area contributed by atoms with Gasteiger partial charge in [-0.05, 0) is 24.0 Å². The summed E-state index contributed by atoms with van der Waals surface area (Å²) in [4.78, 5) is 16.2. The topological polar surface area (TPSA) is 97.2 Å². The van der Waals surface area contributed by atoms with Crippen LogP contribution in [0.3, 0.4) is 0 Å². The smallest absolute Gasteiger partial charge is 0.238 e. The van der Waals surface area contributed by atoms with Crippen molar-refractivity contribution in [2.45, 2.75) is 32.0 Å². The maximum Gasteiger partial charge on any atom is 0.238 e. The van der Waals surface area contributed by atoms with E-state index in [9.17, 15) is 13.2 Å². The van der Waals surface area contributed by atoms with Crippen LogP contribution < -0.4 is 5.32 Å². The second-order valence-electron chi connectivity index (χ2n) is 6.16. The molecule has 8 nitrogen and oxygen atoms in total. The lowest BCUT2D eigenvalue weighted by Gasteiger charge is -2.21. The van der Waals surface area contributed by atoms with Crippen LogP contribution in [0.25, 0.3) is 0 Å². The number of nitrogens with one attached hydrogen (secondary N) is 1. The van der Waals surface area contributed by atoms with Gasteiger partial charge in [0.05, 0.1) is 12.8 Å². The van der Waals surface area contributed by atoms with Crippen LogP contribution in [0.15, 0.2) is 36.9 Å². The summed E-state index contributed by atoms with van der Waals surface area (Å²) in [5, 5.41) is 6.89. The van der Waals surface area contributed by atoms with E-state index in [0.717, 1.165) is 17.4 Å². The van der Waals surface area contributed by atoms with Crippen molar-refractivity contribution in [1.82, 2.24) is 24.4 Å². The lowest BCUT2D eigenvalue weighted by atomic mass is 10.1. The number of hydrogen-bond donors (Lipinski definition) is 1. The highest BCUT2D eigenvalue weighted by Gasteiger charge is 2.36. The van der Waals surface area contributed by atoms with E-state index in [0.29, 0.717) is 32.5 Å². The van der Waals surface area contributed by atoms with Gasteiger partial charge in [0.15, 0.2) is 0 Å². The average Bonchev–Trinajstić information content (AvgIpc) is 3.25. The number of benzene rings is 1. The van der Waals surface area contributed by atoms with E-state index in [1.807, 2.05) is 24.3 Å². The predicted octanol–water partition coefficient (Wildman–Crippen LogP) is 0.367. The molecule has 1 fully saturated rings. The summed E-state index contributed by atoms with van der Waals surface area (Å²) in [6.45, 7) is 1.42. The number of sulfonamides is 1. The summed E-state index contributed by atoms with van der Waals surface area (Å²) >= 11 is 0. The first-order chi connectivity index (χ1) is 11.9. The molecule has 3 rings (SSSR count). The van der Waals surface area contributed by atoms with Gasteiger partial charge in [0.2, 0.25) is 15.9 Å². The third-order valence-electron chi connectivity index (χ3n) is 4.23. The molecule has 1 aliphatic rings. The van der Waals surface area contributed by atoms with Gasteiger partial charge >= 0.3 is 0 Å². The summed E-state index contributed by atoms with van der Waals surface area (Å²) in [7, 11) is -3.35. The molecule has 1 aromatic heterocycles. The zero-order chi connectivity index (χ0) is 17.9. The van der Waals surface area contributed by atoms with E-state index < -0.39 is 16.1 Å². The molecular formula is C16H21N5O3S. The Kier molecular flexibility index (Phi) is 5.14. The molecule has 1 aromatic carbocycles. The monoisotopic (exact) mass is 363 g/mol. The molecule has 1 amide bonds. The summed E-state index contributed by atoms with van der Waals surface area (Å²) in [5.74, 6) is -0.241. The third kappa shape index (κ3) is 4.43. The van der Waals surface area contributed by atoms with E-state index >= 15 is 0 Å². The molecule has 1 atom stereocenters. The fourth-order valence-corrected chi connectivity index (χ4v) is 4.09. The zero-order valence-electron chi connectivity index (χ0n) is 14.0. The highest BCUT2D eigenvalue weighted by atomic mass is 32.2. The van der Waals surface area contributed by atoms with E-state index in [1.165, 1.54) is 10.6 Å². The van der Waals surface area contributed by atoms with Crippen molar-refractivity contribution in [2.75, 3.05) is 12.8 Å². The first-order valence-electron chi connectivity index (χ1n) is 8.08. The Balaban J connectivity index is 1.55. The van der Waals surface area contributed by atoms with Crippen molar-refractivity contribution >= 4 is 15.9 Å². The second-order valence-corrected chi connectivity index (χ2v) is 8.09. The van der Waals surface area contributed by atoms with Gasteiger partial charge < -0.3 is 5.32 Å². The molecule has 0 aliphatic carbocycles. The van der Waals surface area contributed by atoms with E-state index in [-0.39, 0.29) is 5.91 Å². The molecule has 1 aliphatic heterocycles. The second kappa shape index (κ2) is 7.32. The standard InChI is InChI=1S/C16H21N5O3S/c1-25(23,24)21-8-2-3-15(21)16(22)18-9-13-4-6-14(7-5-13)10-20-12-17-11-19-20/h4-7,11-12,15H,2-3,8-10H2,1H3,(H,18,22). The highest BCUT2D eigenvalue weighted by molar-refractivity contribution is 7.88. The molecule has 9 heteroatoms. The molecule has 2 heterocycles. The lowest BCUT2D eigenvalue weighted by Crippen LogP contribution is -2.45. The Hall–Kier alpha value is -2.26. The van der Waals surface area contributed by atoms with Crippen LogP contribution in [0.5, 0.6) is 0 Å². The van der Waals surface area contributed by atoms with Crippen molar-refractivity contribution in [3.8, 4) is 0 Å². The van der Waals surface area contributed by atoms with Gasteiger partial charge in [-0.2, -0.15) is 9.40 Å². The third-order valence-corrected chi connectivity index (χ3v) is 5.52. The average molecular weight is 363 g/mol. The molecular weight excluding hydrogens is 342 g/mol. The molecule has 0 bridgehead atoms. The van der Waals surface area contributed by atoms with E-state index in [4.69, 9.17) is 0 Å². The van der Waals surface area contributed by atoms with Crippen LogP contribution in [0.4, 0.5) is 0 Å². The minimum atomic E-state index is -3.35. The van der Waals surface area contributed by atoms with Crippen molar-refractivity contribution in [3.63, 3.8) is 0 Å². The predicted molar refractivity (Wildman–Crippen MR) is 92.0 cm³/mol. The number of carbonyl (C=O) groups is 1. The van der Waals surface area contributed by atoms with E-state index in [1.54, 1.807) is 11.0 Å². The van der Waals surface area contributed by atoms with E-state index in [2.05, 4.69) is 15.4 Å². The molecule has 25 heavy (non-hydrogen) atoms. The number of amides is 1. The fourth-order valence-electron chi connectivity index (χ4n) is 2.97. The Morgan fingerprint density at radius 1 is 1.28 bits per heavy atom. The van der Waals surface area contributed by atoms with Crippen molar-refractivity contribution < 1.29 is 13.2 Å². The maximum atomic E-state index is 12.3. The molecule has 0 radical (unpaired) electrons. The Labute approximate surface area is 146 Å². The Bertz CT molecular complexity index is 818. The number of nitrogens with zero attached hydrogens (tertiary/aromatic N) is 4. The summed E-state index contributed by atoms with van der Waals surface area (Å²) in [6, 6.07) is 7.23. The lowest BCUT2D eigenvalue weighted by molar-refractivity contribution is -0.124. The van der Waals surface area contributed by atoms with Crippen LogP contribution in [0.1, 0.15) is 24.0 Å². The van der Waals surface area contributed by atoms with Gasteiger partial charge in [-0.15, -0.1) is 0 Å². The maximum absolute atomic E-state index is 12.3. The SMILES string of the molecule is CS(=O)(=O)N1CCCC1C(=O)NCc1ccc(Cn2cncn2)cc1. The van der Waals surface area contributed by atoms with Gasteiger partial charge in [-0.25, -0.2) is 18.1 Å². The van der Waals surface area contributed by atoms with Crippen LogP contribution in [0.2, 0.25) is 0 Å². The summed E-state index contributed by atoms with van der Waals surface area (Å²) in [6.07, 6.45) is 5.57. The van der Waals surface area contributed by atoms with Gasteiger partial charge in [0, 0.05) is 13.1 Å². The minimum absolute atomic E-state index is 0.241. The van der Waals surface area contributed by atoms with Crippen molar-refractivity contribution in [3.05, 3.63) is 48.0 Å². The molecule has 134 valence electrons. The molecule has 0 spiro atoms. The van der Waals surface area contributed by atoms with Gasteiger partial charge in [0.25, 0.3) is 0 Å². The summed E-state index contributed by atoms with van der Waals surface area (Å²) in [5.41, 5.74) is 2.04. The van der Waals surface area contributed by atoms with Gasteiger partial charge in [-0.3, -0.25) is 4.79 Å². The Morgan fingerprint density at radius 3 is 2.64 bits per heavy atom. The molecule has 1 saturated heterocycles. The first-order valence-corrected chi connectivity index (χ1v) is 9.93. The number of aromatic nitrogens is 3. The molecule has 1 N–H and O–H groups in total. The van der Waals surface area contributed by atoms with Crippen LogP contribution in [0, 0.1) is 0 Å². The quantitative estimate of drug-likeness (QED) is 0.800. The largest absolute Gasteiger partial charge is 0.351 e. The molecule has 1 unspecified atom stereocenters. The molecule has 0 saturated carbocycles. The van der Waals surface area contributed by atoms with Crippen LogP contribution in [-0.2, 0) is 27.9 Å². The fraction of sp³-hybridized carbons (Fsp3) is 0.438. The minimum Gasteiger partial charge on any atom is -0.351 e. The molecule has 2 aromatic rings. The highest BCUT2D eigenvalue weighted by Crippen LogP contribution is 2.20. The Morgan fingerprint density at radius 2 is 2.00 bits per heavy atom. The number of rotatable bonds is 6. The van der Waals surface area contributed by atoms with Crippen molar-refractivity contribution in [2.24, 2.45) is 0 Å².